The summed E-state index contributed by atoms with van der Waals surface area (Å²) in [7, 11) is -1.88. The smallest absolute Gasteiger partial charge is 0.243 e. The Morgan fingerprint density at radius 1 is 1.10 bits per heavy atom. The highest BCUT2D eigenvalue weighted by Gasteiger charge is 2.39. The first-order valence-corrected chi connectivity index (χ1v) is 12.9. The van der Waals surface area contributed by atoms with Gasteiger partial charge in [-0.15, -0.1) is 0 Å². The predicted molar refractivity (Wildman–Crippen MR) is 119 cm³/mol. The zero-order valence-electron chi connectivity index (χ0n) is 18.2. The van der Waals surface area contributed by atoms with E-state index in [1.54, 1.807) is 35.6 Å². The van der Waals surface area contributed by atoms with Gasteiger partial charge in [-0.25, -0.2) is 8.42 Å². The lowest BCUT2D eigenvalue weighted by atomic mass is 9.77. The van der Waals surface area contributed by atoms with Crippen molar-refractivity contribution in [3.63, 3.8) is 0 Å². The largest absolute Gasteiger partial charge is 0.358 e. The Bertz CT molecular complexity index is 793. The maximum atomic E-state index is 13.0. The van der Waals surface area contributed by atoms with Crippen LogP contribution in [0.5, 0.6) is 0 Å². The van der Waals surface area contributed by atoms with E-state index < -0.39 is 15.6 Å². The van der Waals surface area contributed by atoms with E-state index >= 15 is 0 Å². The number of sulfonamides is 1. The highest BCUT2D eigenvalue weighted by atomic mass is 32.2. The van der Waals surface area contributed by atoms with Crippen molar-refractivity contribution in [2.75, 3.05) is 20.1 Å². The summed E-state index contributed by atoms with van der Waals surface area (Å²) in [6, 6.07) is 8.59. The molecule has 1 aromatic rings. The number of likely N-dealkylation sites (N-methyl/N-ethyl adjacent to an activating group) is 1. The molecule has 2 atom stereocenters. The lowest BCUT2D eigenvalue weighted by Crippen LogP contribution is -2.55. The Morgan fingerprint density at radius 2 is 1.77 bits per heavy atom. The number of amides is 1. The van der Waals surface area contributed by atoms with E-state index in [1.807, 2.05) is 6.07 Å². The summed E-state index contributed by atoms with van der Waals surface area (Å²) in [5.74, 6) is 0.625. The third-order valence-corrected chi connectivity index (χ3v) is 8.80. The van der Waals surface area contributed by atoms with Gasteiger partial charge in [0.05, 0.1) is 10.4 Å². The number of carbonyl (C=O) groups is 1. The van der Waals surface area contributed by atoms with E-state index in [1.165, 1.54) is 32.1 Å². The second kappa shape index (κ2) is 10.2. The Balaban J connectivity index is 1.67. The average Bonchev–Trinajstić information content (AvgIpc) is 2.78. The van der Waals surface area contributed by atoms with Crippen molar-refractivity contribution in [3.8, 4) is 0 Å². The number of nitrogens with zero attached hydrogens (tertiary/aromatic N) is 1. The molecule has 0 aromatic heterocycles. The van der Waals surface area contributed by atoms with Gasteiger partial charge >= 0.3 is 0 Å². The summed E-state index contributed by atoms with van der Waals surface area (Å²) in [6.45, 7) is 0.948. The number of rotatable bonds is 8. The van der Waals surface area contributed by atoms with Gasteiger partial charge < -0.3 is 11.1 Å². The van der Waals surface area contributed by atoms with Crippen molar-refractivity contribution in [2.45, 2.75) is 74.6 Å². The third-order valence-electron chi connectivity index (χ3n) is 6.92. The van der Waals surface area contributed by atoms with Crippen LogP contribution in [-0.2, 0) is 14.8 Å². The molecule has 3 N–H and O–H groups in total. The molecule has 1 aliphatic heterocycles. The molecule has 0 radical (unpaired) electrons. The number of nitrogens with two attached hydrogens (primary N) is 1. The van der Waals surface area contributed by atoms with Crippen molar-refractivity contribution < 1.29 is 13.2 Å². The van der Waals surface area contributed by atoms with E-state index in [0.29, 0.717) is 36.7 Å². The van der Waals surface area contributed by atoms with Crippen molar-refractivity contribution in [1.82, 2.24) is 9.62 Å². The molecule has 2 fully saturated rings. The Hall–Kier alpha value is -1.44. The average molecular weight is 436 g/mol. The number of piperidine rings is 1. The predicted octanol–water partition coefficient (Wildman–Crippen LogP) is 3.28. The number of nitrogens with one attached hydrogen (secondary N) is 1. The minimum Gasteiger partial charge on any atom is -0.358 e. The molecule has 0 spiro atoms. The molecule has 1 saturated carbocycles. The van der Waals surface area contributed by atoms with Gasteiger partial charge in [-0.1, -0.05) is 50.3 Å². The Labute approximate surface area is 181 Å². The highest BCUT2D eigenvalue weighted by molar-refractivity contribution is 7.89. The SMILES string of the molecule is CNC(=O)[C@@](N)(CCC1CCCCC1)CC1CCCN(S(=O)(=O)c2ccccc2)C1. The van der Waals surface area contributed by atoms with Gasteiger partial charge in [-0.2, -0.15) is 4.31 Å². The summed E-state index contributed by atoms with van der Waals surface area (Å²) < 4.78 is 27.6. The molecule has 0 bridgehead atoms. The summed E-state index contributed by atoms with van der Waals surface area (Å²) in [5.41, 5.74) is 5.75. The van der Waals surface area contributed by atoms with E-state index in [4.69, 9.17) is 5.73 Å². The van der Waals surface area contributed by atoms with E-state index in [2.05, 4.69) is 5.32 Å². The zero-order valence-corrected chi connectivity index (χ0v) is 19.0. The molecule has 168 valence electrons. The summed E-state index contributed by atoms with van der Waals surface area (Å²) in [5, 5.41) is 2.75. The minimum atomic E-state index is -3.51. The fraction of sp³-hybridized carbons (Fsp3) is 0.696. The number of hydrogen-bond donors (Lipinski definition) is 2. The highest BCUT2D eigenvalue weighted by Crippen LogP contribution is 2.33. The van der Waals surface area contributed by atoms with Gasteiger partial charge in [-0.3, -0.25) is 4.79 Å². The van der Waals surface area contributed by atoms with Crippen LogP contribution < -0.4 is 11.1 Å². The second-order valence-electron chi connectivity index (χ2n) is 9.17. The van der Waals surface area contributed by atoms with Crippen LogP contribution in [0.3, 0.4) is 0 Å². The molecule has 1 aliphatic carbocycles. The monoisotopic (exact) mass is 435 g/mol. The number of hydrogen-bond acceptors (Lipinski definition) is 4. The van der Waals surface area contributed by atoms with Gasteiger partial charge in [-0.05, 0) is 56.1 Å². The molecular weight excluding hydrogens is 398 g/mol. The standard InChI is InChI=1S/C23H37N3O3S/c1-25-22(27)23(24,15-14-19-9-4-2-5-10-19)17-20-11-8-16-26(18-20)30(28,29)21-12-6-3-7-13-21/h3,6-7,12-13,19-20H,2,4-5,8-11,14-18,24H2,1H3,(H,25,27)/t20?,23-/m1/s1. The molecule has 1 heterocycles. The van der Waals surface area contributed by atoms with Crippen LogP contribution in [-0.4, -0.2) is 44.3 Å². The maximum absolute atomic E-state index is 13.0. The topological polar surface area (TPSA) is 92.5 Å². The lowest BCUT2D eigenvalue weighted by Gasteiger charge is -2.37. The lowest BCUT2D eigenvalue weighted by molar-refractivity contribution is -0.127. The van der Waals surface area contributed by atoms with Gasteiger partial charge in [0, 0.05) is 20.1 Å². The molecule has 1 amide bonds. The van der Waals surface area contributed by atoms with Crippen molar-refractivity contribution in [3.05, 3.63) is 30.3 Å². The molecule has 2 aliphatic rings. The molecule has 30 heavy (non-hydrogen) atoms. The van der Waals surface area contributed by atoms with Crippen LogP contribution in [0.1, 0.15) is 64.2 Å². The van der Waals surface area contributed by atoms with Crippen LogP contribution in [0.2, 0.25) is 0 Å². The molecular formula is C23H37N3O3S. The van der Waals surface area contributed by atoms with Crippen LogP contribution in [0.25, 0.3) is 0 Å². The van der Waals surface area contributed by atoms with Crippen molar-refractivity contribution in [2.24, 2.45) is 17.6 Å². The molecule has 6 nitrogen and oxygen atoms in total. The first-order chi connectivity index (χ1) is 14.3. The van der Waals surface area contributed by atoms with Crippen LogP contribution in [0, 0.1) is 11.8 Å². The molecule has 7 heteroatoms. The van der Waals surface area contributed by atoms with Crippen LogP contribution >= 0.6 is 0 Å². The van der Waals surface area contributed by atoms with Crippen LogP contribution in [0.4, 0.5) is 0 Å². The minimum absolute atomic E-state index is 0.0888. The number of carbonyl (C=O) groups excluding carboxylic acids is 1. The summed E-state index contributed by atoms with van der Waals surface area (Å²) in [6.07, 6.45) is 10.2. The zero-order chi connectivity index (χ0) is 21.6. The molecule has 3 rings (SSSR count). The second-order valence-corrected chi connectivity index (χ2v) is 11.1. The van der Waals surface area contributed by atoms with Gasteiger partial charge in [0.15, 0.2) is 0 Å². The van der Waals surface area contributed by atoms with Gasteiger partial charge in [0.25, 0.3) is 0 Å². The first kappa shape index (κ1) is 23.2. The first-order valence-electron chi connectivity index (χ1n) is 11.4. The summed E-state index contributed by atoms with van der Waals surface area (Å²) in [4.78, 5) is 13.0. The Morgan fingerprint density at radius 3 is 2.43 bits per heavy atom. The number of benzene rings is 1. The molecule has 1 aromatic carbocycles. The maximum Gasteiger partial charge on any atom is 0.243 e. The van der Waals surface area contributed by atoms with Crippen molar-refractivity contribution >= 4 is 15.9 Å². The fourth-order valence-electron chi connectivity index (χ4n) is 5.16. The van der Waals surface area contributed by atoms with E-state index in [0.717, 1.165) is 19.3 Å². The molecule has 1 saturated heterocycles. The van der Waals surface area contributed by atoms with E-state index in [-0.39, 0.29) is 11.8 Å². The van der Waals surface area contributed by atoms with Crippen LogP contribution in [0.15, 0.2) is 35.2 Å². The normalized spacial score (nSPS) is 23.6. The summed E-state index contributed by atoms with van der Waals surface area (Å²) >= 11 is 0. The quantitative estimate of drug-likeness (QED) is 0.655. The third kappa shape index (κ3) is 5.62. The van der Waals surface area contributed by atoms with E-state index in [9.17, 15) is 13.2 Å². The van der Waals surface area contributed by atoms with Crippen molar-refractivity contribution in [1.29, 1.82) is 0 Å². The molecule has 1 unspecified atom stereocenters. The Kier molecular flexibility index (Phi) is 7.93. The van der Waals surface area contributed by atoms with Gasteiger partial charge in [0.1, 0.15) is 0 Å². The fourth-order valence-corrected chi connectivity index (χ4v) is 6.74. The van der Waals surface area contributed by atoms with Gasteiger partial charge in [0.2, 0.25) is 15.9 Å².